The second-order valence-electron chi connectivity index (χ2n) is 4.28. The fraction of sp³-hybridized carbons (Fsp3) is 0.727. The van der Waals surface area contributed by atoms with Crippen LogP contribution in [-0.2, 0) is 9.53 Å². The van der Waals surface area contributed by atoms with Gasteiger partial charge in [-0.3, -0.25) is 4.79 Å². The zero-order chi connectivity index (χ0) is 10.0. The van der Waals surface area contributed by atoms with E-state index in [4.69, 9.17) is 10.5 Å². The lowest BCUT2D eigenvalue weighted by molar-refractivity contribution is -0.129. The van der Waals surface area contributed by atoms with Gasteiger partial charge in [-0.05, 0) is 25.7 Å². The van der Waals surface area contributed by atoms with Gasteiger partial charge in [-0.2, -0.15) is 0 Å². The van der Waals surface area contributed by atoms with Crippen molar-refractivity contribution in [3.63, 3.8) is 0 Å². The molecular formula is C11H17NO2. The average Bonchev–Trinajstić information content (AvgIpc) is 2.18. The molecule has 0 atom stereocenters. The lowest BCUT2D eigenvalue weighted by Gasteiger charge is -2.40. The van der Waals surface area contributed by atoms with Crippen molar-refractivity contribution in [3.05, 3.63) is 11.8 Å². The number of Topliss-reactive ketones (excluding diaryl/α,β-unsaturated/α-hetero) is 1. The minimum Gasteiger partial charge on any atom is -0.501 e. The molecule has 2 rings (SSSR count). The summed E-state index contributed by atoms with van der Waals surface area (Å²) in [7, 11) is 0. The molecule has 0 aromatic heterocycles. The first kappa shape index (κ1) is 9.71. The zero-order valence-electron chi connectivity index (χ0n) is 8.42. The van der Waals surface area contributed by atoms with Gasteiger partial charge in [0, 0.05) is 17.5 Å². The molecule has 0 bridgehead atoms. The number of ketones is 1. The largest absolute Gasteiger partial charge is 0.501 e. The van der Waals surface area contributed by atoms with Gasteiger partial charge in [0.1, 0.15) is 0 Å². The summed E-state index contributed by atoms with van der Waals surface area (Å²) < 4.78 is 5.19. The van der Waals surface area contributed by atoms with Crippen molar-refractivity contribution in [2.75, 3.05) is 13.2 Å². The van der Waals surface area contributed by atoms with Gasteiger partial charge in [-0.25, -0.2) is 0 Å². The maximum absolute atomic E-state index is 12.1. The van der Waals surface area contributed by atoms with E-state index in [0.29, 0.717) is 6.54 Å². The molecule has 3 heteroatoms. The predicted octanol–water partition coefficient (Wildman–Crippen LogP) is 1.38. The summed E-state index contributed by atoms with van der Waals surface area (Å²) in [5.41, 5.74) is 6.31. The number of carbonyl (C=O) groups excluding carboxylic acids is 1. The molecule has 1 heterocycles. The molecule has 78 valence electrons. The Kier molecular flexibility index (Phi) is 2.59. The molecule has 1 aliphatic heterocycles. The number of ether oxygens (including phenoxy) is 1. The second kappa shape index (κ2) is 3.73. The Bertz CT molecular complexity index is 261. The Balaban J connectivity index is 2.09. The van der Waals surface area contributed by atoms with Crippen LogP contribution >= 0.6 is 0 Å². The first-order chi connectivity index (χ1) is 6.78. The minimum absolute atomic E-state index is 0.230. The van der Waals surface area contributed by atoms with Gasteiger partial charge in [-0.1, -0.05) is 6.42 Å². The van der Waals surface area contributed by atoms with Crippen molar-refractivity contribution in [2.45, 2.75) is 32.1 Å². The molecule has 0 unspecified atom stereocenters. The number of rotatable bonds is 3. The molecule has 0 radical (unpaired) electrons. The van der Waals surface area contributed by atoms with Gasteiger partial charge in [0.15, 0.2) is 5.78 Å². The van der Waals surface area contributed by atoms with Gasteiger partial charge >= 0.3 is 0 Å². The first-order valence-electron chi connectivity index (χ1n) is 5.34. The minimum atomic E-state index is -0.230. The number of hydrogen-bond donors (Lipinski definition) is 1. The van der Waals surface area contributed by atoms with E-state index in [-0.39, 0.29) is 11.2 Å². The van der Waals surface area contributed by atoms with E-state index in [1.165, 1.54) is 0 Å². The van der Waals surface area contributed by atoms with Crippen LogP contribution in [0.15, 0.2) is 11.8 Å². The van der Waals surface area contributed by atoms with Crippen LogP contribution in [0.25, 0.3) is 0 Å². The first-order valence-corrected chi connectivity index (χ1v) is 5.34. The lowest BCUT2D eigenvalue weighted by Crippen LogP contribution is -2.45. The monoisotopic (exact) mass is 195 g/mol. The summed E-state index contributed by atoms with van der Waals surface area (Å²) in [5, 5.41) is 0. The van der Waals surface area contributed by atoms with E-state index in [1.807, 2.05) is 0 Å². The van der Waals surface area contributed by atoms with Crippen molar-refractivity contribution in [2.24, 2.45) is 11.1 Å². The summed E-state index contributed by atoms with van der Waals surface area (Å²) in [4.78, 5) is 12.1. The third kappa shape index (κ3) is 1.46. The third-order valence-electron chi connectivity index (χ3n) is 3.41. The summed E-state index contributed by atoms with van der Waals surface area (Å²) >= 11 is 0. The maximum atomic E-state index is 12.1. The summed E-state index contributed by atoms with van der Waals surface area (Å²) in [6.07, 6.45) is 6.51. The van der Waals surface area contributed by atoms with E-state index in [9.17, 15) is 4.79 Å². The van der Waals surface area contributed by atoms with Crippen LogP contribution < -0.4 is 5.73 Å². The average molecular weight is 195 g/mol. The van der Waals surface area contributed by atoms with Gasteiger partial charge in [0.2, 0.25) is 0 Å². The Hall–Kier alpha value is -0.830. The highest BCUT2D eigenvalue weighted by molar-refractivity contribution is 6.00. The van der Waals surface area contributed by atoms with Crippen LogP contribution in [0.1, 0.15) is 32.1 Å². The molecule has 2 N–H and O–H groups in total. The normalized spacial score (nSPS) is 24.5. The molecule has 1 aliphatic carbocycles. The van der Waals surface area contributed by atoms with Crippen molar-refractivity contribution < 1.29 is 9.53 Å². The van der Waals surface area contributed by atoms with E-state index >= 15 is 0 Å². The van der Waals surface area contributed by atoms with Crippen molar-refractivity contribution in [3.8, 4) is 0 Å². The SMILES string of the molecule is NCC1(C(=O)C2=COCCC2)CCC1. The maximum Gasteiger partial charge on any atom is 0.169 e. The van der Waals surface area contributed by atoms with Crippen LogP contribution in [0.5, 0.6) is 0 Å². The topological polar surface area (TPSA) is 52.3 Å². The highest BCUT2D eigenvalue weighted by Crippen LogP contribution is 2.43. The number of carbonyl (C=O) groups is 1. The van der Waals surface area contributed by atoms with E-state index in [1.54, 1.807) is 6.26 Å². The van der Waals surface area contributed by atoms with Crippen molar-refractivity contribution >= 4 is 5.78 Å². The number of nitrogens with two attached hydrogens (primary N) is 1. The summed E-state index contributed by atoms with van der Waals surface area (Å²) in [6.45, 7) is 1.23. The molecule has 14 heavy (non-hydrogen) atoms. The Morgan fingerprint density at radius 1 is 1.50 bits per heavy atom. The molecule has 3 nitrogen and oxygen atoms in total. The second-order valence-corrected chi connectivity index (χ2v) is 4.28. The van der Waals surface area contributed by atoms with Crippen LogP contribution in [-0.4, -0.2) is 18.9 Å². The van der Waals surface area contributed by atoms with E-state index in [2.05, 4.69) is 0 Å². The number of allylic oxidation sites excluding steroid dienone is 1. The van der Waals surface area contributed by atoms with Gasteiger partial charge < -0.3 is 10.5 Å². The Morgan fingerprint density at radius 3 is 2.71 bits per heavy atom. The van der Waals surface area contributed by atoms with Crippen molar-refractivity contribution in [1.29, 1.82) is 0 Å². The Labute approximate surface area is 84.3 Å². The molecule has 0 aromatic carbocycles. The zero-order valence-corrected chi connectivity index (χ0v) is 8.42. The smallest absolute Gasteiger partial charge is 0.169 e. The summed E-state index contributed by atoms with van der Waals surface area (Å²) in [6, 6.07) is 0. The predicted molar refractivity (Wildman–Crippen MR) is 53.6 cm³/mol. The molecule has 0 saturated heterocycles. The Morgan fingerprint density at radius 2 is 2.29 bits per heavy atom. The van der Waals surface area contributed by atoms with E-state index in [0.717, 1.165) is 44.3 Å². The fourth-order valence-corrected chi connectivity index (χ4v) is 2.20. The van der Waals surface area contributed by atoms with Gasteiger partial charge in [-0.15, -0.1) is 0 Å². The highest BCUT2D eigenvalue weighted by Gasteiger charge is 2.43. The van der Waals surface area contributed by atoms with Gasteiger partial charge in [0.05, 0.1) is 12.9 Å². The van der Waals surface area contributed by atoms with Crippen LogP contribution in [0.4, 0.5) is 0 Å². The number of hydrogen-bond acceptors (Lipinski definition) is 3. The standard InChI is InChI=1S/C11H17NO2/c12-8-11(4-2-5-11)10(13)9-3-1-6-14-7-9/h7H,1-6,8,12H2. The molecule has 0 aromatic rings. The highest BCUT2D eigenvalue weighted by atomic mass is 16.5. The third-order valence-corrected chi connectivity index (χ3v) is 3.41. The van der Waals surface area contributed by atoms with Crippen molar-refractivity contribution in [1.82, 2.24) is 0 Å². The molecule has 0 spiro atoms. The van der Waals surface area contributed by atoms with E-state index < -0.39 is 0 Å². The molecule has 0 amide bonds. The fourth-order valence-electron chi connectivity index (χ4n) is 2.20. The van der Waals surface area contributed by atoms with Gasteiger partial charge in [0.25, 0.3) is 0 Å². The van der Waals surface area contributed by atoms with Crippen LogP contribution in [0, 0.1) is 5.41 Å². The quantitative estimate of drug-likeness (QED) is 0.740. The van der Waals surface area contributed by atoms with Crippen LogP contribution in [0.2, 0.25) is 0 Å². The molecule has 1 saturated carbocycles. The van der Waals surface area contributed by atoms with Crippen LogP contribution in [0.3, 0.4) is 0 Å². The molecule has 2 aliphatic rings. The lowest BCUT2D eigenvalue weighted by atomic mass is 9.64. The summed E-state index contributed by atoms with van der Waals surface area (Å²) in [5.74, 6) is 0.242. The molecule has 1 fully saturated rings. The molecular weight excluding hydrogens is 178 g/mol.